The van der Waals surface area contributed by atoms with E-state index in [1.165, 1.54) is 63.2 Å². The van der Waals surface area contributed by atoms with E-state index in [-0.39, 0.29) is 32.6 Å². The lowest BCUT2D eigenvalue weighted by molar-refractivity contribution is -0.530. The van der Waals surface area contributed by atoms with Crippen molar-refractivity contribution in [2.45, 2.75) is 121 Å². The quantitative estimate of drug-likeness (QED) is 0.00761. The minimum Gasteiger partial charge on any atom is -0.623 e. The summed E-state index contributed by atoms with van der Waals surface area (Å²) in [6, 6.07) is 55.8. The Morgan fingerprint density at radius 3 is 1.19 bits per heavy atom. The monoisotopic (exact) mass is 1530 g/mol. The molecule has 7 rings (SSSR count). The summed E-state index contributed by atoms with van der Waals surface area (Å²) in [6.07, 6.45) is 3.46. The maximum atomic E-state index is 11.5. The van der Waals surface area contributed by atoms with E-state index >= 15 is 0 Å². The third kappa shape index (κ3) is 35.2. The topological polar surface area (TPSA) is 73.0 Å². The van der Waals surface area contributed by atoms with Crippen LogP contribution in [0, 0.1) is 26.0 Å². The Hall–Kier alpha value is 1.37. The van der Waals surface area contributed by atoms with Gasteiger partial charge >= 0.3 is 0 Å². The molecule has 1 heterocycles. The van der Waals surface area contributed by atoms with Gasteiger partial charge < -0.3 is 15.6 Å². The van der Waals surface area contributed by atoms with E-state index in [1.807, 2.05) is 235 Å². The van der Waals surface area contributed by atoms with Crippen LogP contribution in [0.4, 0.5) is 0 Å². The van der Waals surface area contributed by atoms with Gasteiger partial charge in [-0.3, -0.25) is 0 Å². The van der Waals surface area contributed by atoms with Gasteiger partial charge in [0.2, 0.25) is 0 Å². The van der Waals surface area contributed by atoms with Crippen LogP contribution in [-0.4, -0.2) is 59.6 Å². The van der Waals surface area contributed by atoms with E-state index in [4.69, 9.17) is 0 Å². The molecule has 86 heavy (non-hydrogen) atoms. The summed E-state index contributed by atoms with van der Waals surface area (Å²) >= 11 is 8.33. The van der Waals surface area contributed by atoms with Gasteiger partial charge in [-0.05, 0) is 142 Å². The van der Waals surface area contributed by atoms with Crippen molar-refractivity contribution < 1.29 is 15.2 Å². The Labute approximate surface area is 594 Å². The van der Waals surface area contributed by atoms with Crippen molar-refractivity contribution in [3.8, 4) is 0 Å². The molecule has 4 unspecified atom stereocenters. The second-order valence-electron chi connectivity index (χ2n) is 21.3. The number of benzene rings is 6. The summed E-state index contributed by atoms with van der Waals surface area (Å²) < 4.78 is 0.975. The summed E-state index contributed by atoms with van der Waals surface area (Å²) in [5.74, 6) is 1.95. The molecule has 0 aromatic heterocycles. The Morgan fingerprint density at radius 1 is 0.465 bits per heavy atom. The van der Waals surface area contributed by atoms with Gasteiger partial charge in [-0.1, -0.05) is 269 Å². The SMILES string of the molecule is C=Cc1ccc(C)cc1.CC(C)(C)/[N+]([O-])=C/c1ccccc1.Cc1ccc(C(CSSS)SSS)cc1.Cc1ccc(C(CSSSC(c2ccccc2)N(O)C(C)(C)C)SSSC(c2ccccc2)N(O)C(C)(C)C)cc1.S1SSSSSSS1. The predicted octanol–water partition coefficient (Wildman–Crippen LogP) is 27.2. The summed E-state index contributed by atoms with van der Waals surface area (Å²) in [5.41, 5.74) is 9.64. The van der Waals surface area contributed by atoms with Crippen LogP contribution in [0.1, 0.15) is 134 Å². The zero-order valence-corrected chi connectivity index (χ0v) is 66.5. The maximum Gasteiger partial charge on any atom is 0.182 e. The number of hydrogen-bond donors (Lipinski definition) is 4. The van der Waals surface area contributed by atoms with Crippen molar-refractivity contribution >= 4 is 218 Å². The fourth-order valence-corrected chi connectivity index (χ4v) is 43.2. The number of aryl methyl sites for hydroxylation is 3. The average molecular weight is 1530 g/mol. The zero-order valence-electron chi connectivity index (χ0n) is 50.1. The molecule has 0 spiro atoms. The highest BCUT2D eigenvalue weighted by Crippen LogP contribution is 2.66. The van der Waals surface area contributed by atoms with Gasteiger partial charge in [0.25, 0.3) is 0 Å². The molecule has 1 aliphatic heterocycles. The Morgan fingerprint density at radius 2 is 0.826 bits per heavy atom. The first-order valence-electron chi connectivity index (χ1n) is 26.4. The van der Waals surface area contributed by atoms with E-state index in [0.29, 0.717) is 5.25 Å². The standard InChI is InChI=1S/C31H42N2O2S6.C11H15NO.C9H12S6.C9H10.S8/c1-23-18-20-24(21-19-23)27(37-41-39-29(33(35)31(5,6)7)26-16-12-9-13-17-26)22-36-40-38-28(32(34)30(2,3)4)25-14-10-8-11-15-25;1-11(2,3)12(13)9-10-7-5-4-6-8-10;1-7-2-4-8(5-3-7)9(13-15-11)6-12-14-10;1-3-9-6-4-8(2)5-7-9;1-2-4-6-8-7-5-3-1/h8-21,27-29,34-35H,22H2,1-7H3;4-9H,1-3H3;2-5,9-11H,6H2,1H3;3-7H,1H2,2H3;/b;12-9-;;;. The van der Waals surface area contributed by atoms with Crippen molar-refractivity contribution in [1.82, 2.24) is 10.1 Å². The molecule has 6 aromatic rings. The molecule has 2 N–H and O–H groups in total. The van der Waals surface area contributed by atoms with E-state index in [2.05, 4.69) is 148 Å². The highest BCUT2D eigenvalue weighted by atomic mass is 34.1. The number of hydroxylamine groups is 5. The highest BCUT2D eigenvalue weighted by Gasteiger charge is 2.32. The first-order valence-corrected chi connectivity index (χ1v) is 51.0. The van der Waals surface area contributed by atoms with Gasteiger partial charge in [0.05, 0.1) is 10.5 Å². The summed E-state index contributed by atoms with van der Waals surface area (Å²) in [7, 11) is 31.7. The van der Waals surface area contributed by atoms with Crippen LogP contribution in [0.25, 0.3) is 6.08 Å². The van der Waals surface area contributed by atoms with E-state index in [1.54, 1.807) is 69.0 Å². The van der Waals surface area contributed by atoms with Crippen molar-refractivity contribution in [1.29, 1.82) is 0 Å². The van der Waals surface area contributed by atoms with Crippen LogP contribution in [0.3, 0.4) is 0 Å². The maximum absolute atomic E-state index is 11.5. The van der Waals surface area contributed by atoms with Crippen LogP contribution in [0.5, 0.6) is 0 Å². The van der Waals surface area contributed by atoms with Gasteiger partial charge in [0.1, 0.15) is 10.7 Å². The highest BCUT2D eigenvalue weighted by molar-refractivity contribution is 9.60. The predicted molar refractivity (Wildman–Crippen MR) is 434 cm³/mol. The molecule has 0 amide bonds. The summed E-state index contributed by atoms with van der Waals surface area (Å²) in [4.78, 5) is 0. The Balaban J connectivity index is 0.000000344. The molecule has 0 saturated carbocycles. The van der Waals surface area contributed by atoms with Crippen LogP contribution < -0.4 is 0 Å². The second kappa shape index (κ2) is 46.5. The van der Waals surface area contributed by atoms with Crippen LogP contribution in [0.15, 0.2) is 170 Å². The first-order chi connectivity index (χ1) is 41.0. The molecule has 26 heteroatoms. The molecule has 6 nitrogen and oxygen atoms in total. The lowest BCUT2D eigenvalue weighted by Gasteiger charge is -2.36. The first kappa shape index (κ1) is 81.6. The fraction of sp³-hybridized carbons (Fsp3) is 0.350. The molecule has 1 saturated heterocycles. The number of nitrogens with zero attached hydrogens (tertiary/aromatic N) is 3. The van der Waals surface area contributed by atoms with E-state index in [0.717, 1.165) is 32.9 Å². The number of rotatable bonds is 22. The molecule has 0 aliphatic carbocycles. The third-order valence-corrected chi connectivity index (χ3v) is 43.2. The van der Waals surface area contributed by atoms with Crippen LogP contribution in [0.2, 0.25) is 0 Å². The van der Waals surface area contributed by atoms with Crippen molar-refractivity contribution in [3.63, 3.8) is 0 Å². The molecule has 472 valence electrons. The second-order valence-corrected chi connectivity index (χ2v) is 50.5. The summed E-state index contributed by atoms with van der Waals surface area (Å²) in [6.45, 7) is 27.8. The molecule has 0 radical (unpaired) electrons. The Bertz CT molecular complexity index is 2710. The largest absolute Gasteiger partial charge is 0.623 e. The van der Waals surface area contributed by atoms with E-state index < -0.39 is 0 Å². The molecule has 6 aromatic carbocycles. The van der Waals surface area contributed by atoms with Crippen molar-refractivity contribution in [2.75, 3.05) is 11.5 Å². The zero-order chi connectivity index (χ0) is 63.4. The lowest BCUT2D eigenvalue weighted by atomic mass is 10.1. The lowest BCUT2D eigenvalue weighted by Crippen LogP contribution is -2.40. The van der Waals surface area contributed by atoms with Crippen molar-refractivity contribution in [2.24, 2.45) is 0 Å². The van der Waals surface area contributed by atoms with Gasteiger partial charge in [-0.2, -0.15) is 10.1 Å². The minimum atomic E-state index is -0.387. The molecule has 1 aliphatic rings. The van der Waals surface area contributed by atoms with E-state index in [9.17, 15) is 15.6 Å². The normalized spacial score (nSPS) is 14.4. The van der Waals surface area contributed by atoms with Crippen molar-refractivity contribution in [3.05, 3.63) is 226 Å². The number of thiol groups is 2. The van der Waals surface area contributed by atoms with Crippen LogP contribution in [-0.2, 0) is 0 Å². The van der Waals surface area contributed by atoms with Gasteiger partial charge in [0, 0.05) is 128 Å². The minimum absolute atomic E-state index is 0.177. The van der Waals surface area contributed by atoms with Gasteiger partial charge in [-0.25, -0.2) is 4.74 Å². The molecule has 1 fully saturated rings. The third-order valence-electron chi connectivity index (χ3n) is 11.3. The Kier molecular flexibility index (Phi) is 44.1. The molecule has 4 atom stereocenters. The van der Waals surface area contributed by atoms with Gasteiger partial charge in [0.15, 0.2) is 11.8 Å². The molecule has 0 bridgehead atoms. The van der Waals surface area contributed by atoms with Gasteiger partial charge in [-0.15, -0.1) is 0 Å². The summed E-state index contributed by atoms with van der Waals surface area (Å²) in [5, 5.41) is 36.9. The fourth-order valence-electron chi connectivity index (χ4n) is 6.40. The smallest absolute Gasteiger partial charge is 0.182 e. The van der Waals surface area contributed by atoms with Crippen LogP contribution >= 0.6 is 206 Å². The molecular weight excluding hydrogens is 1450 g/mol. The number of hydrogen-bond acceptors (Lipinski definition) is 25. The average Bonchev–Trinajstić information content (AvgIpc) is 2.51. The molecular formula is C60H79N3O3S20.